The summed E-state index contributed by atoms with van der Waals surface area (Å²) in [5.74, 6) is 0. The highest BCUT2D eigenvalue weighted by Crippen LogP contribution is 1.90. The first kappa shape index (κ1) is 8.19. The van der Waals surface area contributed by atoms with Crippen LogP contribution in [0, 0.1) is 11.3 Å². The molecule has 0 spiro atoms. The summed E-state index contributed by atoms with van der Waals surface area (Å²) in [4.78, 5) is 0. The van der Waals surface area contributed by atoms with Crippen LogP contribution in [0.15, 0.2) is 12.2 Å². The van der Waals surface area contributed by atoms with Crippen molar-refractivity contribution in [1.29, 1.82) is 5.26 Å². The van der Waals surface area contributed by atoms with E-state index in [1.54, 1.807) is 6.07 Å². The van der Waals surface area contributed by atoms with Gasteiger partial charge >= 0.3 is 0 Å². The minimum Gasteiger partial charge on any atom is -0.374 e. The van der Waals surface area contributed by atoms with E-state index in [4.69, 9.17) is 10.4 Å². The van der Waals surface area contributed by atoms with E-state index >= 15 is 0 Å². The molecule has 0 fully saturated rings. The molecule has 0 aromatic rings. The molecule has 1 N–H and O–H groups in total. The zero-order valence-electron chi connectivity index (χ0n) is 5.54. The largest absolute Gasteiger partial charge is 0.374 e. The highest BCUT2D eigenvalue weighted by atomic mass is 16.3. The molecule has 0 rings (SSSR count). The zero-order chi connectivity index (χ0) is 7.11. The van der Waals surface area contributed by atoms with Crippen LogP contribution in [0.1, 0.15) is 19.8 Å². The normalized spacial score (nSPS) is 13.4. The minimum absolute atomic E-state index is 0.920. The maximum Gasteiger partial charge on any atom is 0.159 e. The smallest absolute Gasteiger partial charge is 0.159 e. The molecule has 0 saturated carbocycles. The summed E-state index contributed by atoms with van der Waals surface area (Å²) in [6, 6.07) is 1.69. The van der Waals surface area contributed by atoms with Crippen LogP contribution in [0.3, 0.4) is 0 Å². The first-order valence-electron chi connectivity index (χ1n) is 3.05. The van der Waals surface area contributed by atoms with Crippen molar-refractivity contribution in [3.05, 3.63) is 12.2 Å². The van der Waals surface area contributed by atoms with Crippen LogP contribution in [0.25, 0.3) is 0 Å². The summed E-state index contributed by atoms with van der Waals surface area (Å²) < 4.78 is 0. The quantitative estimate of drug-likeness (QED) is 0.455. The van der Waals surface area contributed by atoms with E-state index in [1.165, 1.54) is 6.08 Å². The first-order chi connectivity index (χ1) is 4.31. The molecule has 2 nitrogen and oxygen atoms in total. The van der Waals surface area contributed by atoms with Gasteiger partial charge in [0.05, 0.1) is 6.07 Å². The number of aliphatic hydroxyl groups is 1. The molecule has 0 aliphatic heterocycles. The van der Waals surface area contributed by atoms with E-state index in [0.717, 1.165) is 12.8 Å². The fourth-order valence-electron chi connectivity index (χ4n) is 0.435. The van der Waals surface area contributed by atoms with Crippen molar-refractivity contribution < 1.29 is 5.11 Å². The number of nitrogens with zero attached hydrogens (tertiary/aromatic N) is 1. The molecule has 0 aliphatic carbocycles. The second-order valence-electron chi connectivity index (χ2n) is 1.79. The van der Waals surface area contributed by atoms with Gasteiger partial charge in [-0.3, -0.25) is 0 Å². The second-order valence-corrected chi connectivity index (χ2v) is 1.79. The van der Waals surface area contributed by atoms with Crippen LogP contribution in [-0.4, -0.2) is 11.2 Å². The topological polar surface area (TPSA) is 44.0 Å². The van der Waals surface area contributed by atoms with Crippen LogP contribution in [-0.2, 0) is 0 Å². The third-order valence-corrected chi connectivity index (χ3v) is 0.906. The van der Waals surface area contributed by atoms with E-state index in [-0.39, 0.29) is 0 Å². The van der Waals surface area contributed by atoms with Gasteiger partial charge in [0.2, 0.25) is 0 Å². The number of rotatable bonds is 3. The van der Waals surface area contributed by atoms with Gasteiger partial charge in [-0.2, -0.15) is 5.26 Å². The van der Waals surface area contributed by atoms with Crippen LogP contribution in [0.5, 0.6) is 0 Å². The minimum atomic E-state index is -0.920. The average Bonchev–Trinajstić information content (AvgIpc) is 1.89. The molecule has 0 aromatic carbocycles. The Kier molecular flexibility index (Phi) is 4.85. The lowest BCUT2D eigenvalue weighted by Gasteiger charge is -1.88. The number of aliphatic hydroxyl groups excluding tert-OH is 1. The van der Waals surface area contributed by atoms with E-state index in [1.807, 2.05) is 13.0 Å². The van der Waals surface area contributed by atoms with Crippen LogP contribution in [0.2, 0.25) is 0 Å². The molecule has 9 heavy (non-hydrogen) atoms. The van der Waals surface area contributed by atoms with Crippen LogP contribution < -0.4 is 0 Å². The number of allylic oxidation sites excluding steroid dienone is 1. The van der Waals surface area contributed by atoms with Gasteiger partial charge in [-0.05, 0) is 12.5 Å². The molecule has 0 aliphatic rings. The van der Waals surface area contributed by atoms with Gasteiger partial charge in [0.15, 0.2) is 6.10 Å². The first-order valence-corrected chi connectivity index (χ1v) is 3.05. The maximum absolute atomic E-state index is 8.64. The highest BCUT2D eigenvalue weighted by Gasteiger charge is 1.89. The fraction of sp³-hybridized carbons (Fsp3) is 0.571. The molecule has 0 radical (unpaired) electrons. The Bertz CT molecular complexity index is 123. The molecule has 0 bridgehead atoms. The monoisotopic (exact) mass is 125 g/mol. The Hall–Kier alpha value is -0.810. The number of nitriles is 1. The average molecular weight is 125 g/mol. The summed E-state index contributed by atoms with van der Waals surface area (Å²) in [5.41, 5.74) is 0. The number of hydrogen-bond donors (Lipinski definition) is 1. The predicted molar refractivity (Wildman–Crippen MR) is 35.7 cm³/mol. The summed E-state index contributed by atoms with van der Waals surface area (Å²) in [5, 5.41) is 16.7. The van der Waals surface area contributed by atoms with Gasteiger partial charge in [0.25, 0.3) is 0 Å². The Balaban J connectivity index is 3.35. The van der Waals surface area contributed by atoms with Gasteiger partial charge in [0, 0.05) is 0 Å². The maximum atomic E-state index is 8.64. The summed E-state index contributed by atoms with van der Waals surface area (Å²) >= 11 is 0. The molecule has 0 amide bonds. The third kappa shape index (κ3) is 5.05. The van der Waals surface area contributed by atoms with E-state index in [2.05, 4.69) is 0 Å². The molecule has 2 heteroatoms. The molecule has 0 unspecified atom stereocenters. The van der Waals surface area contributed by atoms with Gasteiger partial charge < -0.3 is 5.11 Å². The van der Waals surface area contributed by atoms with E-state index in [0.29, 0.717) is 0 Å². The van der Waals surface area contributed by atoms with Crippen LogP contribution >= 0.6 is 0 Å². The molecular weight excluding hydrogens is 114 g/mol. The molecular formula is C7H11NO. The van der Waals surface area contributed by atoms with Crippen molar-refractivity contribution in [2.24, 2.45) is 0 Å². The summed E-state index contributed by atoms with van der Waals surface area (Å²) in [7, 11) is 0. The van der Waals surface area contributed by atoms with E-state index < -0.39 is 6.10 Å². The number of unbranched alkanes of at least 4 members (excludes halogenated alkanes) is 1. The summed E-state index contributed by atoms with van der Waals surface area (Å²) in [6.07, 6.45) is 4.38. The van der Waals surface area contributed by atoms with Crippen molar-refractivity contribution in [1.82, 2.24) is 0 Å². The fourth-order valence-corrected chi connectivity index (χ4v) is 0.435. The van der Waals surface area contributed by atoms with E-state index in [9.17, 15) is 0 Å². The molecule has 50 valence electrons. The van der Waals surface area contributed by atoms with Crippen LogP contribution in [0.4, 0.5) is 0 Å². The van der Waals surface area contributed by atoms with Gasteiger partial charge in [-0.15, -0.1) is 0 Å². The lowest BCUT2D eigenvalue weighted by molar-refractivity contribution is 0.278. The SMILES string of the molecule is CCCC=C[C@@H](O)C#N. The second kappa shape index (κ2) is 5.33. The summed E-state index contributed by atoms with van der Waals surface area (Å²) in [6.45, 7) is 2.04. The standard InChI is InChI=1S/C7H11NO/c1-2-3-4-5-7(9)6-8/h4-5,7,9H,2-3H2,1H3/t7-/m1/s1. The van der Waals surface area contributed by atoms with Crippen molar-refractivity contribution >= 4 is 0 Å². The van der Waals surface area contributed by atoms with Crippen molar-refractivity contribution in [3.8, 4) is 6.07 Å². The van der Waals surface area contributed by atoms with Gasteiger partial charge in [-0.25, -0.2) is 0 Å². The molecule has 0 heterocycles. The van der Waals surface area contributed by atoms with Crippen molar-refractivity contribution in [2.45, 2.75) is 25.9 Å². The van der Waals surface area contributed by atoms with Crippen molar-refractivity contribution in [3.63, 3.8) is 0 Å². The third-order valence-electron chi connectivity index (χ3n) is 0.906. The molecule has 0 aromatic heterocycles. The van der Waals surface area contributed by atoms with Gasteiger partial charge in [-0.1, -0.05) is 19.4 Å². The Morgan fingerprint density at radius 1 is 1.78 bits per heavy atom. The zero-order valence-corrected chi connectivity index (χ0v) is 5.54. The highest BCUT2D eigenvalue weighted by molar-refractivity contribution is 5.00. The molecule has 1 atom stereocenters. The lowest BCUT2D eigenvalue weighted by atomic mass is 10.3. The number of hydrogen-bond acceptors (Lipinski definition) is 2. The Morgan fingerprint density at radius 2 is 2.44 bits per heavy atom. The lowest BCUT2D eigenvalue weighted by Crippen LogP contribution is -1.94. The van der Waals surface area contributed by atoms with Crippen molar-refractivity contribution in [2.75, 3.05) is 0 Å². The Morgan fingerprint density at radius 3 is 2.89 bits per heavy atom. The molecule has 0 saturated heterocycles. The Labute approximate surface area is 55.4 Å². The van der Waals surface area contributed by atoms with Gasteiger partial charge in [0.1, 0.15) is 0 Å². The predicted octanol–water partition coefficient (Wildman–Crippen LogP) is 1.23.